The van der Waals surface area contributed by atoms with Gasteiger partial charge >= 0.3 is 11.9 Å². The van der Waals surface area contributed by atoms with Gasteiger partial charge in [0.25, 0.3) is 0 Å². The number of carbonyl (C=O) groups is 5. The molecule has 0 bridgehead atoms. The maximum absolute atomic E-state index is 13.1. The van der Waals surface area contributed by atoms with Gasteiger partial charge in [-0.3, -0.25) is 24.2 Å². The minimum Gasteiger partial charge on any atom is -0.481 e. The monoisotopic (exact) mass is 529 g/mol. The fraction of sp³-hybridized carbons (Fsp3) is 0.739. The summed E-state index contributed by atoms with van der Waals surface area (Å²) in [4.78, 5) is 65.2. The summed E-state index contributed by atoms with van der Waals surface area (Å²) < 4.78 is 0. The maximum atomic E-state index is 13.1. The normalized spacial score (nSPS) is 15.0. The predicted molar refractivity (Wildman–Crippen MR) is 137 cm³/mol. The second-order valence-corrected chi connectivity index (χ2v) is 9.45. The van der Waals surface area contributed by atoms with E-state index in [1.807, 2.05) is 13.8 Å². The number of aliphatic carboxylic acids is 2. The molecular formula is C23H43N7O7. The van der Waals surface area contributed by atoms with E-state index in [9.17, 15) is 29.1 Å². The molecule has 0 aliphatic carbocycles. The van der Waals surface area contributed by atoms with Crippen LogP contribution in [0.2, 0.25) is 0 Å². The Hall–Kier alpha value is -3.42. The van der Waals surface area contributed by atoms with Crippen LogP contribution in [0.4, 0.5) is 0 Å². The van der Waals surface area contributed by atoms with Gasteiger partial charge in [0.05, 0.1) is 6.04 Å². The third-order valence-electron chi connectivity index (χ3n) is 5.70. The van der Waals surface area contributed by atoms with Gasteiger partial charge in [0, 0.05) is 13.0 Å². The third-order valence-corrected chi connectivity index (χ3v) is 5.70. The molecule has 5 unspecified atom stereocenters. The smallest absolute Gasteiger partial charge is 0.326 e. The molecule has 0 aromatic rings. The van der Waals surface area contributed by atoms with Crippen molar-refractivity contribution in [3.63, 3.8) is 0 Å². The molecule has 3 amide bonds. The highest BCUT2D eigenvalue weighted by molar-refractivity contribution is 5.94. The molecule has 14 nitrogen and oxygen atoms in total. The molecule has 0 spiro atoms. The van der Waals surface area contributed by atoms with Crippen LogP contribution in [0, 0.1) is 11.8 Å². The van der Waals surface area contributed by atoms with Crippen LogP contribution in [0.1, 0.15) is 66.2 Å². The standard InChI is InChI=1S/C23H43N7O7/c1-5-13(4)18(22(36)37)30-21(35)15(7-6-10-27-23(25)26)29-20(34)16(8-9-17(31)32)28-19(33)14(24)11-12(2)3/h12-16,18H,5-11,24H2,1-4H3,(H,28,33)(H,29,34)(H,30,35)(H,31,32)(H,36,37)(H4,25,26,27). The van der Waals surface area contributed by atoms with Crippen molar-refractivity contribution in [2.24, 2.45) is 34.0 Å². The Morgan fingerprint density at radius 2 is 1.41 bits per heavy atom. The molecule has 14 heteroatoms. The number of aliphatic imine (C=N–C) groups is 1. The van der Waals surface area contributed by atoms with Crippen molar-refractivity contribution in [2.45, 2.75) is 90.4 Å². The topological polar surface area (TPSA) is 252 Å². The van der Waals surface area contributed by atoms with Gasteiger partial charge in [-0.05, 0) is 37.5 Å². The lowest BCUT2D eigenvalue weighted by molar-refractivity contribution is -0.144. The number of nitrogens with two attached hydrogens (primary N) is 3. The Morgan fingerprint density at radius 1 is 0.865 bits per heavy atom. The van der Waals surface area contributed by atoms with E-state index in [1.165, 1.54) is 0 Å². The van der Waals surface area contributed by atoms with Crippen molar-refractivity contribution in [3.8, 4) is 0 Å². The third kappa shape index (κ3) is 14.0. The van der Waals surface area contributed by atoms with Gasteiger partial charge in [0.2, 0.25) is 17.7 Å². The average Bonchev–Trinajstić information content (AvgIpc) is 2.79. The fourth-order valence-electron chi connectivity index (χ4n) is 3.41. The molecule has 0 radical (unpaired) electrons. The molecule has 212 valence electrons. The lowest BCUT2D eigenvalue weighted by Gasteiger charge is -2.26. The summed E-state index contributed by atoms with van der Waals surface area (Å²) >= 11 is 0. The van der Waals surface area contributed by atoms with Crippen molar-refractivity contribution in [2.75, 3.05) is 6.54 Å². The van der Waals surface area contributed by atoms with Gasteiger partial charge in [0.1, 0.15) is 18.1 Å². The van der Waals surface area contributed by atoms with Gasteiger partial charge in [0.15, 0.2) is 5.96 Å². The molecule has 0 fully saturated rings. The first-order chi connectivity index (χ1) is 17.2. The fourth-order valence-corrected chi connectivity index (χ4v) is 3.41. The molecule has 5 atom stereocenters. The van der Waals surface area contributed by atoms with Crippen molar-refractivity contribution in [1.82, 2.24) is 16.0 Å². The molecule has 0 saturated carbocycles. The number of carboxylic acids is 2. The molecule has 0 aromatic carbocycles. The van der Waals surface area contributed by atoms with Gasteiger partial charge in [-0.1, -0.05) is 34.1 Å². The summed E-state index contributed by atoms with van der Waals surface area (Å²) in [7, 11) is 0. The zero-order valence-electron chi connectivity index (χ0n) is 22.0. The minimum atomic E-state index is -1.28. The summed E-state index contributed by atoms with van der Waals surface area (Å²) in [6.07, 6.45) is 0.485. The Morgan fingerprint density at radius 3 is 1.89 bits per heavy atom. The number of nitrogens with zero attached hydrogens (tertiary/aromatic N) is 1. The Bertz CT molecular complexity index is 815. The summed E-state index contributed by atoms with van der Waals surface area (Å²) in [5.41, 5.74) is 16.5. The number of guanidine groups is 1. The van der Waals surface area contributed by atoms with Crippen LogP contribution in [-0.4, -0.2) is 76.5 Å². The lowest BCUT2D eigenvalue weighted by atomic mass is 9.98. The number of carbonyl (C=O) groups excluding carboxylic acids is 3. The number of hydrogen-bond acceptors (Lipinski definition) is 7. The van der Waals surface area contributed by atoms with E-state index in [2.05, 4.69) is 20.9 Å². The SMILES string of the molecule is CCC(C)C(NC(=O)C(CCCN=C(N)N)NC(=O)C(CCC(=O)O)NC(=O)C(N)CC(C)C)C(=O)O. The number of hydrogen-bond donors (Lipinski definition) is 8. The van der Waals surface area contributed by atoms with E-state index in [1.54, 1.807) is 13.8 Å². The van der Waals surface area contributed by atoms with E-state index < -0.39 is 60.2 Å². The summed E-state index contributed by atoms with van der Waals surface area (Å²) in [6.45, 7) is 7.34. The van der Waals surface area contributed by atoms with Crippen LogP contribution in [0.3, 0.4) is 0 Å². The molecule has 0 aliphatic heterocycles. The van der Waals surface area contributed by atoms with Crippen molar-refractivity contribution < 1.29 is 34.2 Å². The Balaban J connectivity index is 5.74. The Kier molecular flexibility index (Phi) is 15.5. The molecule has 37 heavy (non-hydrogen) atoms. The summed E-state index contributed by atoms with van der Waals surface area (Å²) in [5, 5.41) is 26.0. The van der Waals surface area contributed by atoms with Crippen molar-refractivity contribution >= 4 is 35.6 Å². The molecule has 0 heterocycles. The van der Waals surface area contributed by atoms with E-state index in [0.29, 0.717) is 12.8 Å². The second kappa shape index (κ2) is 17.1. The first-order valence-corrected chi connectivity index (χ1v) is 12.4. The zero-order valence-corrected chi connectivity index (χ0v) is 22.0. The van der Waals surface area contributed by atoms with E-state index >= 15 is 0 Å². The highest BCUT2D eigenvalue weighted by atomic mass is 16.4. The van der Waals surface area contributed by atoms with Crippen LogP contribution in [0.5, 0.6) is 0 Å². The number of nitrogens with one attached hydrogen (secondary N) is 3. The highest BCUT2D eigenvalue weighted by Gasteiger charge is 2.32. The number of rotatable bonds is 18. The van der Waals surface area contributed by atoms with Gasteiger partial charge < -0.3 is 43.4 Å². The van der Waals surface area contributed by atoms with E-state index in [0.717, 1.165) is 0 Å². The zero-order chi connectivity index (χ0) is 28.7. The second-order valence-electron chi connectivity index (χ2n) is 9.45. The lowest BCUT2D eigenvalue weighted by Crippen LogP contribution is -2.57. The van der Waals surface area contributed by atoms with E-state index in [4.69, 9.17) is 22.3 Å². The average molecular weight is 530 g/mol. The van der Waals surface area contributed by atoms with Crippen LogP contribution < -0.4 is 33.2 Å². The largest absolute Gasteiger partial charge is 0.481 e. The van der Waals surface area contributed by atoms with Crippen molar-refractivity contribution in [1.29, 1.82) is 0 Å². The predicted octanol–water partition coefficient (Wildman–Crippen LogP) is -1.14. The van der Waals surface area contributed by atoms with E-state index in [-0.39, 0.29) is 43.6 Å². The Labute approximate surface area is 217 Å². The molecule has 0 saturated heterocycles. The van der Waals surface area contributed by atoms with Crippen molar-refractivity contribution in [3.05, 3.63) is 0 Å². The van der Waals surface area contributed by atoms with Crippen LogP contribution in [-0.2, 0) is 24.0 Å². The molecule has 11 N–H and O–H groups in total. The van der Waals surface area contributed by atoms with Crippen LogP contribution >= 0.6 is 0 Å². The molecule has 0 aromatic heterocycles. The van der Waals surface area contributed by atoms with Gasteiger partial charge in [-0.25, -0.2) is 4.79 Å². The molecule has 0 aliphatic rings. The first kappa shape index (κ1) is 33.6. The number of amides is 3. The molecule has 0 rings (SSSR count). The summed E-state index contributed by atoms with van der Waals surface area (Å²) in [5.74, 6) is -5.00. The van der Waals surface area contributed by atoms with Crippen LogP contribution in [0.25, 0.3) is 0 Å². The number of carboxylic acid groups (broad SMARTS) is 2. The van der Waals surface area contributed by atoms with Gasteiger partial charge in [-0.15, -0.1) is 0 Å². The quantitative estimate of drug-likeness (QED) is 0.0601. The van der Waals surface area contributed by atoms with Gasteiger partial charge in [-0.2, -0.15) is 0 Å². The molecular weight excluding hydrogens is 486 g/mol. The van der Waals surface area contributed by atoms with Crippen LogP contribution in [0.15, 0.2) is 4.99 Å². The summed E-state index contributed by atoms with van der Waals surface area (Å²) in [6, 6.07) is -4.57. The maximum Gasteiger partial charge on any atom is 0.326 e. The minimum absolute atomic E-state index is 0.0493. The highest BCUT2D eigenvalue weighted by Crippen LogP contribution is 2.10. The first-order valence-electron chi connectivity index (χ1n) is 12.4.